The number of sulfonamides is 1. The highest BCUT2D eigenvalue weighted by molar-refractivity contribution is 7.89. The summed E-state index contributed by atoms with van der Waals surface area (Å²) < 4.78 is 38.0. The third kappa shape index (κ3) is 6.43. The molecule has 0 unspecified atom stereocenters. The SMILES string of the molecule is CCOc1ccc(S(=O)(=O)N(CC(=O)Nc2ccc(C(=O)OC)cc2)Cc2ccccc2)cc1. The lowest BCUT2D eigenvalue weighted by molar-refractivity contribution is -0.116. The van der Waals surface area contributed by atoms with E-state index in [0.717, 1.165) is 9.87 Å². The predicted octanol–water partition coefficient (Wildman–Crippen LogP) is 3.70. The minimum absolute atomic E-state index is 0.0189. The molecule has 0 aliphatic rings. The van der Waals surface area contributed by atoms with Crippen molar-refractivity contribution in [3.8, 4) is 5.75 Å². The van der Waals surface area contributed by atoms with Crippen LogP contribution < -0.4 is 10.1 Å². The van der Waals surface area contributed by atoms with Crippen molar-refractivity contribution in [3.05, 3.63) is 90.0 Å². The Balaban J connectivity index is 1.81. The molecule has 0 atom stereocenters. The predicted molar refractivity (Wildman–Crippen MR) is 128 cm³/mol. The van der Waals surface area contributed by atoms with Crippen LogP contribution in [0.15, 0.2) is 83.8 Å². The van der Waals surface area contributed by atoms with Gasteiger partial charge in [-0.25, -0.2) is 13.2 Å². The molecule has 0 radical (unpaired) electrons. The van der Waals surface area contributed by atoms with Gasteiger partial charge in [0.15, 0.2) is 0 Å². The number of carbonyl (C=O) groups excluding carboxylic acids is 2. The van der Waals surface area contributed by atoms with Crippen molar-refractivity contribution >= 4 is 27.6 Å². The van der Waals surface area contributed by atoms with Gasteiger partial charge in [-0.1, -0.05) is 30.3 Å². The molecule has 0 heterocycles. The summed E-state index contributed by atoms with van der Waals surface area (Å²) in [5, 5.41) is 2.67. The molecular weight excluding hydrogens is 456 g/mol. The third-order valence-electron chi connectivity index (χ3n) is 4.88. The van der Waals surface area contributed by atoms with Crippen LogP contribution in [0.4, 0.5) is 5.69 Å². The second-order valence-corrected chi connectivity index (χ2v) is 9.22. The quantitative estimate of drug-likeness (QED) is 0.442. The van der Waals surface area contributed by atoms with E-state index in [2.05, 4.69) is 10.1 Å². The lowest BCUT2D eigenvalue weighted by atomic mass is 10.2. The fourth-order valence-electron chi connectivity index (χ4n) is 3.20. The first-order valence-electron chi connectivity index (χ1n) is 10.6. The molecule has 1 amide bonds. The van der Waals surface area contributed by atoms with Gasteiger partial charge in [0.2, 0.25) is 15.9 Å². The molecule has 3 aromatic carbocycles. The van der Waals surface area contributed by atoms with Gasteiger partial charge in [-0.3, -0.25) is 4.79 Å². The summed E-state index contributed by atoms with van der Waals surface area (Å²) in [6.45, 7) is 1.93. The summed E-state index contributed by atoms with van der Waals surface area (Å²) in [6, 6.07) is 21.2. The van der Waals surface area contributed by atoms with Crippen LogP contribution in [0.3, 0.4) is 0 Å². The van der Waals surface area contributed by atoms with Gasteiger partial charge >= 0.3 is 5.97 Å². The van der Waals surface area contributed by atoms with Crippen molar-refractivity contribution in [2.45, 2.75) is 18.4 Å². The standard InChI is InChI=1S/C25H26N2O6S/c1-3-33-22-13-15-23(16-14-22)34(30,31)27(17-19-7-5-4-6-8-19)18-24(28)26-21-11-9-20(10-12-21)25(29)32-2/h4-16H,3,17-18H2,1-2H3,(H,26,28). The van der Waals surface area contributed by atoms with Crippen LogP contribution in [0.25, 0.3) is 0 Å². The van der Waals surface area contributed by atoms with Crippen LogP contribution in [0.5, 0.6) is 5.75 Å². The first-order valence-corrected chi connectivity index (χ1v) is 12.0. The number of nitrogens with zero attached hydrogens (tertiary/aromatic N) is 1. The Morgan fingerprint density at radius 1 is 0.912 bits per heavy atom. The zero-order chi connectivity index (χ0) is 24.6. The van der Waals surface area contributed by atoms with Gasteiger partial charge in [0.1, 0.15) is 5.75 Å². The molecule has 178 valence electrons. The number of hydrogen-bond donors (Lipinski definition) is 1. The van der Waals surface area contributed by atoms with Gasteiger partial charge in [-0.2, -0.15) is 4.31 Å². The number of methoxy groups -OCH3 is 1. The van der Waals surface area contributed by atoms with Gasteiger partial charge in [0.25, 0.3) is 0 Å². The molecule has 0 aromatic heterocycles. The first kappa shape index (κ1) is 24.9. The Morgan fingerprint density at radius 2 is 1.56 bits per heavy atom. The lowest BCUT2D eigenvalue weighted by Crippen LogP contribution is -2.37. The molecule has 0 spiro atoms. The zero-order valence-corrected chi connectivity index (χ0v) is 19.7. The first-order chi connectivity index (χ1) is 16.3. The normalized spacial score (nSPS) is 11.1. The Labute approximate surface area is 199 Å². The van der Waals surface area contributed by atoms with Crippen molar-refractivity contribution in [1.82, 2.24) is 4.31 Å². The monoisotopic (exact) mass is 482 g/mol. The molecule has 0 saturated heterocycles. The van der Waals surface area contributed by atoms with E-state index in [4.69, 9.17) is 4.74 Å². The van der Waals surface area contributed by atoms with Crippen LogP contribution in [-0.2, 0) is 26.1 Å². The number of esters is 1. The highest BCUT2D eigenvalue weighted by Gasteiger charge is 2.27. The number of nitrogens with one attached hydrogen (secondary N) is 1. The summed E-state index contributed by atoms with van der Waals surface area (Å²) in [5.41, 5.74) is 1.51. The van der Waals surface area contributed by atoms with Crippen LogP contribution >= 0.6 is 0 Å². The summed E-state index contributed by atoms with van der Waals surface area (Å²) in [4.78, 5) is 24.4. The molecule has 0 aliphatic carbocycles. The average molecular weight is 483 g/mol. The van der Waals surface area contributed by atoms with Crippen molar-refractivity contribution in [1.29, 1.82) is 0 Å². The van der Waals surface area contributed by atoms with E-state index in [1.165, 1.54) is 31.4 Å². The number of anilines is 1. The van der Waals surface area contributed by atoms with Crippen molar-refractivity contribution in [2.24, 2.45) is 0 Å². The van der Waals surface area contributed by atoms with Crippen LogP contribution in [0, 0.1) is 0 Å². The molecule has 0 aliphatic heterocycles. The number of hydrogen-bond acceptors (Lipinski definition) is 6. The Bertz CT molecular complexity index is 1210. The molecule has 34 heavy (non-hydrogen) atoms. The zero-order valence-electron chi connectivity index (χ0n) is 18.9. The summed E-state index contributed by atoms with van der Waals surface area (Å²) >= 11 is 0. The van der Waals surface area contributed by atoms with E-state index in [-0.39, 0.29) is 11.4 Å². The van der Waals surface area contributed by atoms with E-state index in [9.17, 15) is 18.0 Å². The number of amides is 1. The molecule has 9 heteroatoms. The Hall–Kier alpha value is -3.69. The fourth-order valence-corrected chi connectivity index (χ4v) is 4.59. The summed E-state index contributed by atoms with van der Waals surface area (Å²) in [6.07, 6.45) is 0. The highest BCUT2D eigenvalue weighted by Crippen LogP contribution is 2.22. The van der Waals surface area contributed by atoms with E-state index in [1.54, 1.807) is 48.5 Å². The number of benzene rings is 3. The van der Waals surface area contributed by atoms with Gasteiger partial charge in [0.05, 0.1) is 30.7 Å². The molecule has 0 bridgehead atoms. The van der Waals surface area contributed by atoms with Crippen molar-refractivity contribution in [3.63, 3.8) is 0 Å². The summed E-state index contributed by atoms with van der Waals surface area (Å²) in [7, 11) is -2.70. The lowest BCUT2D eigenvalue weighted by Gasteiger charge is -2.22. The third-order valence-corrected chi connectivity index (χ3v) is 6.69. The van der Waals surface area contributed by atoms with E-state index >= 15 is 0 Å². The van der Waals surface area contributed by atoms with E-state index in [1.807, 2.05) is 13.0 Å². The minimum Gasteiger partial charge on any atom is -0.494 e. The van der Waals surface area contributed by atoms with Gasteiger partial charge < -0.3 is 14.8 Å². The van der Waals surface area contributed by atoms with Gasteiger partial charge in [-0.15, -0.1) is 0 Å². The Morgan fingerprint density at radius 3 is 2.15 bits per heavy atom. The largest absolute Gasteiger partial charge is 0.494 e. The molecule has 8 nitrogen and oxygen atoms in total. The summed E-state index contributed by atoms with van der Waals surface area (Å²) in [5.74, 6) is -0.450. The van der Waals surface area contributed by atoms with Crippen LogP contribution in [0.2, 0.25) is 0 Å². The van der Waals surface area contributed by atoms with Gasteiger partial charge in [0, 0.05) is 12.2 Å². The molecule has 0 saturated carbocycles. The minimum atomic E-state index is -3.98. The average Bonchev–Trinajstić information content (AvgIpc) is 2.85. The number of rotatable bonds is 10. The maximum absolute atomic E-state index is 13.4. The molecule has 1 N–H and O–H groups in total. The van der Waals surface area contributed by atoms with E-state index in [0.29, 0.717) is 23.6 Å². The number of ether oxygens (including phenoxy) is 2. The fraction of sp³-hybridized carbons (Fsp3) is 0.200. The van der Waals surface area contributed by atoms with E-state index < -0.39 is 28.4 Å². The second-order valence-electron chi connectivity index (χ2n) is 7.28. The maximum atomic E-state index is 13.4. The Kier molecular flexibility index (Phi) is 8.39. The van der Waals surface area contributed by atoms with Crippen molar-refractivity contribution < 1.29 is 27.5 Å². The molecule has 3 rings (SSSR count). The smallest absolute Gasteiger partial charge is 0.337 e. The molecule has 0 fully saturated rings. The van der Waals surface area contributed by atoms with Crippen LogP contribution in [-0.4, -0.2) is 44.9 Å². The van der Waals surface area contributed by atoms with Gasteiger partial charge in [-0.05, 0) is 61.0 Å². The van der Waals surface area contributed by atoms with Crippen molar-refractivity contribution in [2.75, 3.05) is 25.6 Å². The molecule has 3 aromatic rings. The highest BCUT2D eigenvalue weighted by atomic mass is 32.2. The topological polar surface area (TPSA) is 102 Å². The molecular formula is C25H26N2O6S. The number of carbonyl (C=O) groups is 2. The second kappa shape index (κ2) is 11.4. The maximum Gasteiger partial charge on any atom is 0.337 e. The van der Waals surface area contributed by atoms with Crippen LogP contribution in [0.1, 0.15) is 22.8 Å².